The molecule has 6 heteroatoms. The maximum atomic E-state index is 5.94. The summed E-state index contributed by atoms with van der Waals surface area (Å²) in [5.74, 6) is 6.54. The van der Waals surface area contributed by atoms with Crippen molar-refractivity contribution in [1.82, 2.24) is 9.97 Å². The van der Waals surface area contributed by atoms with Gasteiger partial charge >= 0.3 is 0 Å². The van der Waals surface area contributed by atoms with Crippen molar-refractivity contribution in [3.63, 3.8) is 0 Å². The van der Waals surface area contributed by atoms with Gasteiger partial charge in [-0.25, -0.2) is 15.8 Å². The number of nitrogens with zero attached hydrogens (tertiary/aromatic N) is 2. The summed E-state index contributed by atoms with van der Waals surface area (Å²) < 4.78 is 0.809. The summed E-state index contributed by atoms with van der Waals surface area (Å²) in [6.07, 6.45) is 0. The zero-order chi connectivity index (χ0) is 12.4. The summed E-state index contributed by atoms with van der Waals surface area (Å²) in [5, 5.41) is 0.651. The highest BCUT2D eigenvalue weighted by molar-refractivity contribution is 9.10. The fraction of sp³-hybridized carbons (Fsp3) is 0.0909. The van der Waals surface area contributed by atoms with Crippen LogP contribution in [0.4, 0.5) is 5.82 Å². The standard InChI is InChI=1S/C11H10BrClN4/c1-6-4-10(17-14)16-11(15-6)7-2-3-9(13)8(12)5-7/h2-5H,14H2,1H3,(H,15,16,17). The molecule has 4 nitrogen and oxygen atoms in total. The van der Waals surface area contributed by atoms with Crippen molar-refractivity contribution in [3.05, 3.63) is 39.5 Å². The number of halogens is 2. The van der Waals surface area contributed by atoms with Gasteiger partial charge in [0.25, 0.3) is 0 Å². The molecule has 0 aliphatic heterocycles. The minimum absolute atomic E-state index is 0.582. The van der Waals surface area contributed by atoms with Gasteiger partial charge in [0.15, 0.2) is 5.82 Å². The summed E-state index contributed by atoms with van der Waals surface area (Å²) >= 11 is 9.31. The number of hydrazine groups is 1. The predicted octanol–water partition coefficient (Wildman–Crippen LogP) is 3.15. The molecule has 0 aliphatic carbocycles. The number of nitrogens with two attached hydrogens (primary N) is 1. The molecule has 0 fully saturated rings. The van der Waals surface area contributed by atoms with Gasteiger partial charge in [-0.3, -0.25) is 0 Å². The zero-order valence-electron chi connectivity index (χ0n) is 9.04. The van der Waals surface area contributed by atoms with Crippen molar-refractivity contribution in [1.29, 1.82) is 0 Å². The second kappa shape index (κ2) is 5.00. The van der Waals surface area contributed by atoms with Crippen LogP contribution in [-0.2, 0) is 0 Å². The maximum Gasteiger partial charge on any atom is 0.161 e. The van der Waals surface area contributed by atoms with E-state index in [1.54, 1.807) is 12.1 Å². The molecule has 2 aromatic rings. The third-order valence-electron chi connectivity index (χ3n) is 2.18. The van der Waals surface area contributed by atoms with E-state index >= 15 is 0 Å². The largest absolute Gasteiger partial charge is 0.308 e. The third-order valence-corrected chi connectivity index (χ3v) is 3.39. The number of benzene rings is 1. The van der Waals surface area contributed by atoms with E-state index in [2.05, 4.69) is 31.3 Å². The number of hydrogen-bond acceptors (Lipinski definition) is 4. The minimum atomic E-state index is 0.582. The number of nitrogen functional groups attached to an aromatic ring is 1. The molecule has 0 saturated carbocycles. The Labute approximate surface area is 112 Å². The van der Waals surface area contributed by atoms with Crippen LogP contribution in [-0.4, -0.2) is 9.97 Å². The molecule has 0 aliphatic rings. The van der Waals surface area contributed by atoms with Crippen LogP contribution in [0.1, 0.15) is 5.69 Å². The van der Waals surface area contributed by atoms with Gasteiger partial charge in [-0.1, -0.05) is 11.6 Å². The van der Waals surface area contributed by atoms with Crippen LogP contribution in [0.15, 0.2) is 28.7 Å². The molecule has 0 atom stereocenters. The van der Waals surface area contributed by atoms with Crippen LogP contribution in [0.3, 0.4) is 0 Å². The Bertz CT molecular complexity index is 559. The van der Waals surface area contributed by atoms with Crippen LogP contribution in [0.2, 0.25) is 5.02 Å². The third kappa shape index (κ3) is 2.74. The van der Waals surface area contributed by atoms with Crippen molar-refractivity contribution in [2.75, 3.05) is 5.43 Å². The molecule has 88 valence electrons. The van der Waals surface area contributed by atoms with Gasteiger partial charge in [0.2, 0.25) is 0 Å². The smallest absolute Gasteiger partial charge is 0.161 e. The van der Waals surface area contributed by atoms with Gasteiger partial charge in [-0.05, 0) is 41.1 Å². The quantitative estimate of drug-likeness (QED) is 0.660. The van der Waals surface area contributed by atoms with Gasteiger partial charge in [0.1, 0.15) is 5.82 Å². The van der Waals surface area contributed by atoms with Gasteiger partial charge in [-0.2, -0.15) is 0 Å². The molecule has 1 heterocycles. The lowest BCUT2D eigenvalue weighted by Crippen LogP contribution is -2.09. The molecule has 1 aromatic heterocycles. The van der Waals surface area contributed by atoms with E-state index in [4.69, 9.17) is 17.4 Å². The SMILES string of the molecule is Cc1cc(NN)nc(-c2ccc(Cl)c(Br)c2)n1. The van der Waals surface area contributed by atoms with Crippen molar-refractivity contribution in [3.8, 4) is 11.4 Å². The van der Waals surface area contributed by atoms with E-state index in [0.717, 1.165) is 15.7 Å². The lowest BCUT2D eigenvalue weighted by atomic mass is 10.2. The van der Waals surface area contributed by atoms with Gasteiger partial charge < -0.3 is 5.43 Å². The molecule has 0 saturated heterocycles. The topological polar surface area (TPSA) is 63.8 Å². The lowest BCUT2D eigenvalue weighted by Gasteiger charge is -2.06. The van der Waals surface area contributed by atoms with E-state index in [1.165, 1.54) is 0 Å². The lowest BCUT2D eigenvalue weighted by molar-refractivity contribution is 1.09. The Balaban J connectivity index is 2.52. The Morgan fingerprint density at radius 2 is 2.06 bits per heavy atom. The van der Waals surface area contributed by atoms with Crippen molar-refractivity contribution in [2.24, 2.45) is 5.84 Å². The summed E-state index contributed by atoms with van der Waals surface area (Å²) in [5.41, 5.74) is 4.23. The molecule has 0 bridgehead atoms. The van der Waals surface area contributed by atoms with Gasteiger partial charge in [-0.15, -0.1) is 0 Å². The highest BCUT2D eigenvalue weighted by Gasteiger charge is 2.06. The molecule has 1 aromatic carbocycles. The second-order valence-electron chi connectivity index (χ2n) is 3.49. The van der Waals surface area contributed by atoms with Crippen LogP contribution >= 0.6 is 27.5 Å². The summed E-state index contributed by atoms with van der Waals surface area (Å²) in [6, 6.07) is 7.30. The van der Waals surface area contributed by atoms with Gasteiger partial charge in [0, 0.05) is 21.8 Å². The Morgan fingerprint density at radius 3 is 2.71 bits per heavy atom. The van der Waals surface area contributed by atoms with E-state index in [0.29, 0.717) is 16.7 Å². The molecule has 0 unspecified atom stereocenters. The summed E-state index contributed by atoms with van der Waals surface area (Å²) in [4.78, 5) is 8.63. The highest BCUT2D eigenvalue weighted by Crippen LogP contribution is 2.27. The Kier molecular flexibility index (Phi) is 3.61. The molecule has 0 spiro atoms. The molecule has 3 N–H and O–H groups in total. The van der Waals surface area contributed by atoms with Crippen LogP contribution in [0, 0.1) is 6.92 Å². The number of nitrogens with one attached hydrogen (secondary N) is 1. The molecule has 0 amide bonds. The number of aryl methyl sites for hydroxylation is 1. The fourth-order valence-corrected chi connectivity index (χ4v) is 1.90. The Morgan fingerprint density at radius 1 is 1.29 bits per heavy atom. The van der Waals surface area contributed by atoms with Crippen LogP contribution in [0.5, 0.6) is 0 Å². The zero-order valence-corrected chi connectivity index (χ0v) is 11.4. The van der Waals surface area contributed by atoms with Gasteiger partial charge in [0.05, 0.1) is 5.02 Å². The van der Waals surface area contributed by atoms with E-state index in [-0.39, 0.29) is 0 Å². The average molecular weight is 314 g/mol. The van der Waals surface area contributed by atoms with Crippen LogP contribution < -0.4 is 11.3 Å². The molecule has 2 rings (SSSR count). The number of hydrogen-bond donors (Lipinski definition) is 2. The number of rotatable bonds is 2. The number of aromatic nitrogens is 2. The molecular weight excluding hydrogens is 304 g/mol. The first-order valence-corrected chi connectivity index (χ1v) is 6.05. The van der Waals surface area contributed by atoms with E-state index in [1.807, 2.05) is 19.1 Å². The second-order valence-corrected chi connectivity index (χ2v) is 4.75. The predicted molar refractivity (Wildman–Crippen MR) is 72.7 cm³/mol. The normalized spacial score (nSPS) is 10.4. The number of anilines is 1. The van der Waals surface area contributed by atoms with Crippen molar-refractivity contribution >= 4 is 33.3 Å². The average Bonchev–Trinajstić information content (AvgIpc) is 2.32. The minimum Gasteiger partial charge on any atom is -0.308 e. The first kappa shape index (κ1) is 12.3. The first-order chi connectivity index (χ1) is 8.10. The highest BCUT2D eigenvalue weighted by atomic mass is 79.9. The molecular formula is C11H10BrClN4. The van der Waals surface area contributed by atoms with Crippen molar-refractivity contribution in [2.45, 2.75) is 6.92 Å². The van der Waals surface area contributed by atoms with Crippen molar-refractivity contribution < 1.29 is 0 Å². The molecule has 0 radical (unpaired) electrons. The summed E-state index contributed by atoms with van der Waals surface area (Å²) in [7, 11) is 0. The monoisotopic (exact) mass is 312 g/mol. The summed E-state index contributed by atoms with van der Waals surface area (Å²) in [6.45, 7) is 1.89. The van der Waals surface area contributed by atoms with Crippen LogP contribution in [0.25, 0.3) is 11.4 Å². The maximum absolute atomic E-state index is 5.94. The fourth-order valence-electron chi connectivity index (χ4n) is 1.41. The Hall–Kier alpha value is -1.17. The molecule has 17 heavy (non-hydrogen) atoms. The van der Waals surface area contributed by atoms with E-state index in [9.17, 15) is 0 Å². The first-order valence-electron chi connectivity index (χ1n) is 4.88. The van der Waals surface area contributed by atoms with E-state index < -0.39 is 0 Å².